The monoisotopic (exact) mass is 246 g/mol. The van der Waals surface area contributed by atoms with Gasteiger partial charge in [0.15, 0.2) is 0 Å². The van der Waals surface area contributed by atoms with Crippen molar-refractivity contribution in [3.05, 3.63) is 21.9 Å². The van der Waals surface area contributed by atoms with Gasteiger partial charge in [-0.3, -0.25) is 0 Å². The minimum absolute atomic E-state index is 0.265. The Morgan fingerprint density at radius 2 is 2.38 bits per heavy atom. The number of nitrogens with zero attached hydrogens (tertiary/aromatic N) is 1. The maximum Gasteiger partial charge on any atom is 0.261 e. The minimum atomic E-state index is -2.41. The number of nitriles is 1. The van der Waals surface area contributed by atoms with Crippen molar-refractivity contribution in [1.82, 2.24) is 5.32 Å². The molecule has 0 aliphatic heterocycles. The largest absolute Gasteiger partial charge is 0.374 e. The zero-order valence-electron chi connectivity index (χ0n) is 8.58. The predicted molar refractivity (Wildman–Crippen MR) is 57.6 cm³/mol. The van der Waals surface area contributed by atoms with Gasteiger partial charge in [0.25, 0.3) is 6.43 Å². The maximum absolute atomic E-state index is 11.7. The van der Waals surface area contributed by atoms with E-state index in [4.69, 9.17) is 10.00 Å². The number of ether oxygens (including phenoxy) is 1. The molecule has 1 aromatic rings. The lowest BCUT2D eigenvalue weighted by atomic mass is 10.3. The van der Waals surface area contributed by atoms with Crippen molar-refractivity contribution in [3.8, 4) is 6.07 Å². The van der Waals surface area contributed by atoms with Crippen LogP contribution in [0.2, 0.25) is 0 Å². The second-order valence-corrected chi connectivity index (χ2v) is 4.05. The quantitative estimate of drug-likeness (QED) is 0.748. The molecule has 0 fully saturated rings. The van der Waals surface area contributed by atoms with Crippen LogP contribution in [0.4, 0.5) is 8.78 Å². The van der Waals surface area contributed by atoms with Crippen molar-refractivity contribution in [2.45, 2.75) is 13.0 Å². The van der Waals surface area contributed by atoms with E-state index in [9.17, 15) is 8.78 Å². The first-order chi connectivity index (χ1) is 7.72. The highest BCUT2D eigenvalue weighted by Gasteiger charge is 2.01. The fourth-order valence-corrected chi connectivity index (χ4v) is 1.84. The molecular weight excluding hydrogens is 234 g/mol. The fourth-order valence-electron chi connectivity index (χ4n) is 1.06. The van der Waals surface area contributed by atoms with E-state index >= 15 is 0 Å². The Kier molecular flexibility index (Phi) is 5.93. The van der Waals surface area contributed by atoms with E-state index in [1.807, 2.05) is 6.07 Å². The summed E-state index contributed by atoms with van der Waals surface area (Å²) in [5.74, 6) is 0. The normalized spacial score (nSPS) is 10.6. The molecule has 0 aliphatic rings. The van der Waals surface area contributed by atoms with Crippen LogP contribution in [0.1, 0.15) is 10.4 Å². The Labute approximate surface area is 96.6 Å². The van der Waals surface area contributed by atoms with E-state index in [-0.39, 0.29) is 6.61 Å². The molecule has 1 rings (SSSR count). The summed E-state index contributed by atoms with van der Waals surface area (Å²) in [6.45, 7) is 0.900. The topological polar surface area (TPSA) is 45.0 Å². The third kappa shape index (κ3) is 5.16. The number of hydrogen-bond acceptors (Lipinski definition) is 4. The van der Waals surface area contributed by atoms with Gasteiger partial charge >= 0.3 is 0 Å². The van der Waals surface area contributed by atoms with E-state index in [0.717, 1.165) is 4.88 Å². The molecule has 3 nitrogen and oxygen atoms in total. The van der Waals surface area contributed by atoms with Gasteiger partial charge in [-0.25, -0.2) is 8.78 Å². The summed E-state index contributed by atoms with van der Waals surface area (Å²) in [5, 5.41) is 13.4. The number of thiophene rings is 1. The third-order valence-corrected chi connectivity index (χ3v) is 2.69. The lowest BCUT2D eigenvalue weighted by Crippen LogP contribution is -2.20. The maximum atomic E-state index is 11.7. The summed E-state index contributed by atoms with van der Waals surface area (Å²) in [7, 11) is 0. The molecule has 0 radical (unpaired) electrons. The summed E-state index contributed by atoms with van der Waals surface area (Å²) in [5.41, 5.74) is 0.649. The molecule has 0 atom stereocenters. The van der Waals surface area contributed by atoms with E-state index in [1.54, 1.807) is 11.4 Å². The van der Waals surface area contributed by atoms with Gasteiger partial charge in [0.2, 0.25) is 0 Å². The lowest BCUT2D eigenvalue weighted by molar-refractivity contribution is 0.0187. The molecule has 0 amide bonds. The van der Waals surface area contributed by atoms with E-state index in [1.165, 1.54) is 11.3 Å². The number of rotatable bonds is 7. The summed E-state index contributed by atoms with van der Waals surface area (Å²) in [6, 6.07) is 3.85. The first-order valence-corrected chi connectivity index (χ1v) is 5.64. The van der Waals surface area contributed by atoms with Crippen LogP contribution in [0.3, 0.4) is 0 Å². The molecule has 0 spiro atoms. The Balaban J connectivity index is 2.05. The number of alkyl halides is 2. The van der Waals surface area contributed by atoms with Gasteiger partial charge in [0.1, 0.15) is 12.7 Å². The number of hydrogen-bond donors (Lipinski definition) is 1. The van der Waals surface area contributed by atoms with Crippen LogP contribution in [-0.4, -0.2) is 26.2 Å². The highest BCUT2D eigenvalue weighted by Crippen LogP contribution is 2.12. The first kappa shape index (κ1) is 13.0. The van der Waals surface area contributed by atoms with Crippen LogP contribution < -0.4 is 5.32 Å². The van der Waals surface area contributed by atoms with Crippen molar-refractivity contribution in [2.75, 3.05) is 19.8 Å². The molecule has 0 aliphatic carbocycles. The predicted octanol–water partition coefficient (Wildman–Crippen LogP) is 1.99. The first-order valence-electron chi connectivity index (χ1n) is 4.76. The van der Waals surface area contributed by atoms with Crippen molar-refractivity contribution in [1.29, 1.82) is 5.26 Å². The summed E-state index contributed by atoms with van der Waals surface area (Å²) in [4.78, 5) is 1.05. The van der Waals surface area contributed by atoms with Crippen LogP contribution in [0.15, 0.2) is 11.4 Å². The highest BCUT2D eigenvalue weighted by molar-refractivity contribution is 7.10. The van der Waals surface area contributed by atoms with Gasteiger partial charge in [-0.15, -0.1) is 11.3 Å². The standard InChI is InChI=1S/C10H12F2N2OS/c11-10(12)6-15-2-1-14-5-9-3-8(4-13)7-16-9/h3,7,10,14H,1-2,5-6H2. The molecule has 16 heavy (non-hydrogen) atoms. The van der Waals surface area contributed by atoms with Crippen LogP contribution in [-0.2, 0) is 11.3 Å². The summed E-state index contributed by atoms with van der Waals surface area (Å²) in [6.07, 6.45) is -2.41. The van der Waals surface area contributed by atoms with E-state index in [0.29, 0.717) is 18.7 Å². The average Bonchev–Trinajstić information content (AvgIpc) is 2.70. The second-order valence-electron chi connectivity index (χ2n) is 3.06. The van der Waals surface area contributed by atoms with Gasteiger partial charge in [-0.05, 0) is 6.07 Å². The molecule has 0 bridgehead atoms. The minimum Gasteiger partial charge on any atom is -0.374 e. The van der Waals surface area contributed by atoms with Crippen LogP contribution >= 0.6 is 11.3 Å². The Morgan fingerprint density at radius 3 is 3.00 bits per heavy atom. The van der Waals surface area contributed by atoms with Crippen LogP contribution in [0, 0.1) is 11.3 Å². The Bertz CT molecular complexity index is 349. The SMILES string of the molecule is N#Cc1csc(CNCCOCC(F)F)c1. The molecule has 0 saturated carbocycles. The molecule has 0 aromatic carbocycles. The zero-order valence-corrected chi connectivity index (χ0v) is 9.40. The molecule has 0 saturated heterocycles. The molecule has 0 unspecified atom stereocenters. The summed E-state index contributed by atoms with van der Waals surface area (Å²) < 4.78 is 28.1. The molecule has 88 valence electrons. The molecular formula is C10H12F2N2OS. The number of halogens is 2. The van der Waals surface area contributed by atoms with Crippen molar-refractivity contribution < 1.29 is 13.5 Å². The summed E-state index contributed by atoms with van der Waals surface area (Å²) >= 11 is 1.50. The van der Waals surface area contributed by atoms with Gasteiger partial charge in [0.05, 0.1) is 12.2 Å². The molecule has 1 aromatic heterocycles. The van der Waals surface area contributed by atoms with Crippen LogP contribution in [0.25, 0.3) is 0 Å². The average molecular weight is 246 g/mol. The lowest BCUT2D eigenvalue weighted by Gasteiger charge is -2.04. The zero-order chi connectivity index (χ0) is 11.8. The van der Waals surface area contributed by atoms with Gasteiger partial charge in [-0.2, -0.15) is 5.26 Å². The van der Waals surface area contributed by atoms with Gasteiger partial charge in [-0.1, -0.05) is 0 Å². The van der Waals surface area contributed by atoms with Crippen LogP contribution in [0.5, 0.6) is 0 Å². The fraction of sp³-hybridized carbons (Fsp3) is 0.500. The number of nitrogens with one attached hydrogen (secondary N) is 1. The Hall–Kier alpha value is -1.03. The molecule has 1 heterocycles. The van der Waals surface area contributed by atoms with Crippen molar-refractivity contribution >= 4 is 11.3 Å². The Morgan fingerprint density at radius 1 is 1.56 bits per heavy atom. The second kappa shape index (κ2) is 7.28. The highest BCUT2D eigenvalue weighted by atomic mass is 32.1. The molecule has 6 heteroatoms. The van der Waals surface area contributed by atoms with Gasteiger partial charge in [0, 0.05) is 23.3 Å². The smallest absolute Gasteiger partial charge is 0.261 e. The van der Waals surface area contributed by atoms with Crippen molar-refractivity contribution in [2.24, 2.45) is 0 Å². The molecule has 1 N–H and O–H groups in total. The van der Waals surface area contributed by atoms with Gasteiger partial charge < -0.3 is 10.1 Å². The van der Waals surface area contributed by atoms with Crippen molar-refractivity contribution in [3.63, 3.8) is 0 Å². The van der Waals surface area contributed by atoms with E-state index in [2.05, 4.69) is 5.32 Å². The van der Waals surface area contributed by atoms with E-state index < -0.39 is 13.0 Å². The third-order valence-electron chi connectivity index (χ3n) is 1.75.